The fourth-order valence-electron chi connectivity index (χ4n) is 2.63. The van der Waals surface area contributed by atoms with E-state index in [-0.39, 0.29) is 17.8 Å². The van der Waals surface area contributed by atoms with E-state index in [9.17, 15) is 15.2 Å². The van der Waals surface area contributed by atoms with Crippen molar-refractivity contribution in [2.45, 2.75) is 38.8 Å². The minimum Gasteiger partial charge on any atom is -0.391 e. The van der Waals surface area contributed by atoms with Crippen LogP contribution in [0.1, 0.15) is 32.3 Å². The first-order chi connectivity index (χ1) is 8.45. The average Bonchev–Trinajstić information content (AvgIpc) is 2.68. The van der Waals surface area contributed by atoms with E-state index in [1.165, 1.54) is 6.07 Å². The van der Waals surface area contributed by atoms with Gasteiger partial charge in [-0.15, -0.1) is 0 Å². The Bertz CT molecular complexity index is 471. The van der Waals surface area contributed by atoms with E-state index in [0.717, 1.165) is 25.1 Å². The van der Waals surface area contributed by atoms with Crippen molar-refractivity contribution >= 4 is 11.4 Å². The third kappa shape index (κ3) is 2.18. The fraction of sp³-hybridized carbons (Fsp3) is 0.538. The second-order valence-electron chi connectivity index (χ2n) is 5.30. The normalized spacial score (nSPS) is 18.1. The summed E-state index contributed by atoms with van der Waals surface area (Å²) in [5, 5.41) is 20.1. The van der Waals surface area contributed by atoms with Gasteiger partial charge in [0, 0.05) is 23.8 Å². The minimum atomic E-state index is -0.454. The first-order valence-electron chi connectivity index (χ1n) is 6.11. The highest BCUT2D eigenvalue weighted by molar-refractivity contribution is 5.57. The predicted molar refractivity (Wildman–Crippen MR) is 69.7 cm³/mol. The van der Waals surface area contributed by atoms with E-state index in [1.54, 1.807) is 12.1 Å². The van der Waals surface area contributed by atoms with Crippen LogP contribution in [0.4, 0.5) is 11.4 Å². The number of benzene rings is 1. The summed E-state index contributed by atoms with van der Waals surface area (Å²) < 4.78 is 0. The molecule has 0 spiro atoms. The van der Waals surface area contributed by atoms with E-state index in [0.29, 0.717) is 5.56 Å². The smallest absolute Gasteiger partial charge is 0.275 e. The van der Waals surface area contributed by atoms with Crippen molar-refractivity contribution in [2.75, 3.05) is 11.4 Å². The van der Waals surface area contributed by atoms with Gasteiger partial charge in [0.05, 0.1) is 17.1 Å². The third-order valence-corrected chi connectivity index (χ3v) is 3.64. The summed E-state index contributed by atoms with van der Waals surface area (Å²) in [5.41, 5.74) is 1.38. The summed E-state index contributed by atoms with van der Waals surface area (Å²) in [7, 11) is 0. The van der Waals surface area contributed by atoms with Gasteiger partial charge in [0.15, 0.2) is 0 Å². The lowest BCUT2D eigenvalue weighted by Gasteiger charge is -2.33. The maximum Gasteiger partial charge on any atom is 0.275 e. The molecule has 5 heteroatoms. The number of hydrogen-bond donors (Lipinski definition) is 1. The van der Waals surface area contributed by atoms with Crippen LogP contribution in [0.15, 0.2) is 18.2 Å². The second-order valence-corrected chi connectivity index (χ2v) is 5.30. The molecule has 1 aliphatic heterocycles. The van der Waals surface area contributed by atoms with Crippen LogP contribution in [-0.4, -0.2) is 22.1 Å². The first-order valence-corrected chi connectivity index (χ1v) is 6.11. The Morgan fingerprint density at radius 1 is 1.50 bits per heavy atom. The predicted octanol–water partition coefficient (Wildman–Crippen LogP) is 2.47. The monoisotopic (exact) mass is 250 g/mol. The summed E-state index contributed by atoms with van der Waals surface area (Å²) in [4.78, 5) is 12.6. The molecular formula is C13H18N2O3. The zero-order valence-electron chi connectivity index (χ0n) is 10.7. The molecule has 0 unspecified atom stereocenters. The highest BCUT2D eigenvalue weighted by atomic mass is 16.6. The molecule has 2 rings (SSSR count). The summed E-state index contributed by atoms with van der Waals surface area (Å²) in [6.45, 7) is 4.98. The van der Waals surface area contributed by atoms with Crippen molar-refractivity contribution in [2.24, 2.45) is 0 Å². The molecule has 0 aliphatic carbocycles. The molecule has 0 radical (unpaired) electrons. The van der Waals surface area contributed by atoms with Gasteiger partial charge in [0.2, 0.25) is 0 Å². The highest BCUT2D eigenvalue weighted by Gasteiger charge is 2.32. The van der Waals surface area contributed by atoms with E-state index in [2.05, 4.69) is 18.7 Å². The standard InChI is InChI=1S/C13H18N2O3/c1-13(2)6-3-7-14(13)11-4-5-12(15(17)18)10(8-11)9-16/h4-5,8,16H,3,6-7,9H2,1-2H3. The molecule has 0 saturated carbocycles. The maximum atomic E-state index is 10.8. The van der Waals surface area contributed by atoms with Crippen LogP contribution in [0.3, 0.4) is 0 Å². The van der Waals surface area contributed by atoms with Gasteiger partial charge in [-0.1, -0.05) is 0 Å². The Hall–Kier alpha value is -1.62. The molecule has 0 bridgehead atoms. The highest BCUT2D eigenvalue weighted by Crippen LogP contribution is 2.35. The minimum absolute atomic E-state index is 0.0155. The number of anilines is 1. The van der Waals surface area contributed by atoms with E-state index in [1.807, 2.05) is 0 Å². The van der Waals surface area contributed by atoms with Gasteiger partial charge < -0.3 is 10.0 Å². The number of nitro groups is 1. The van der Waals surface area contributed by atoms with Crippen LogP contribution in [-0.2, 0) is 6.61 Å². The zero-order chi connectivity index (χ0) is 13.3. The quantitative estimate of drug-likeness (QED) is 0.661. The molecule has 0 aromatic heterocycles. The number of aliphatic hydroxyl groups excluding tert-OH is 1. The van der Waals surface area contributed by atoms with Gasteiger partial charge in [-0.25, -0.2) is 0 Å². The Labute approximate surface area is 106 Å². The number of hydrogen-bond acceptors (Lipinski definition) is 4. The summed E-state index contributed by atoms with van der Waals surface area (Å²) in [6.07, 6.45) is 2.23. The molecule has 0 atom stereocenters. The van der Waals surface area contributed by atoms with Gasteiger partial charge in [-0.3, -0.25) is 10.1 Å². The summed E-state index contributed by atoms with van der Waals surface area (Å²) >= 11 is 0. The molecule has 1 N–H and O–H groups in total. The Morgan fingerprint density at radius 2 is 2.22 bits per heavy atom. The van der Waals surface area contributed by atoms with E-state index >= 15 is 0 Å². The molecule has 0 amide bonds. The topological polar surface area (TPSA) is 66.6 Å². The SMILES string of the molecule is CC1(C)CCCN1c1ccc([N+](=O)[O-])c(CO)c1. The molecule has 5 nitrogen and oxygen atoms in total. The van der Waals surface area contributed by atoms with E-state index in [4.69, 9.17) is 0 Å². The van der Waals surface area contributed by atoms with Gasteiger partial charge in [-0.05, 0) is 38.8 Å². The molecule has 1 aromatic carbocycles. The summed E-state index contributed by atoms with van der Waals surface area (Å²) in [5.74, 6) is 0. The Morgan fingerprint density at radius 3 is 2.72 bits per heavy atom. The van der Waals surface area contributed by atoms with Gasteiger partial charge in [0.25, 0.3) is 5.69 Å². The van der Waals surface area contributed by atoms with Crippen molar-refractivity contribution in [1.29, 1.82) is 0 Å². The number of nitro benzene ring substituents is 1. The van der Waals surface area contributed by atoms with Crippen LogP contribution in [0, 0.1) is 10.1 Å². The van der Waals surface area contributed by atoms with Crippen molar-refractivity contribution in [3.8, 4) is 0 Å². The number of nitrogens with zero attached hydrogens (tertiary/aromatic N) is 2. The molecule has 18 heavy (non-hydrogen) atoms. The van der Waals surface area contributed by atoms with Crippen molar-refractivity contribution in [3.05, 3.63) is 33.9 Å². The van der Waals surface area contributed by atoms with Gasteiger partial charge >= 0.3 is 0 Å². The number of rotatable bonds is 3. The van der Waals surface area contributed by atoms with Crippen LogP contribution in [0.25, 0.3) is 0 Å². The largest absolute Gasteiger partial charge is 0.391 e. The lowest BCUT2D eigenvalue weighted by molar-refractivity contribution is -0.385. The van der Waals surface area contributed by atoms with Crippen LogP contribution in [0.5, 0.6) is 0 Å². The molecule has 1 heterocycles. The first kappa shape index (κ1) is 12.8. The molecule has 1 aliphatic rings. The molecular weight excluding hydrogens is 232 g/mol. The van der Waals surface area contributed by atoms with Crippen molar-refractivity contribution in [1.82, 2.24) is 0 Å². The van der Waals surface area contributed by atoms with Crippen LogP contribution < -0.4 is 4.90 Å². The van der Waals surface area contributed by atoms with Crippen molar-refractivity contribution < 1.29 is 10.0 Å². The van der Waals surface area contributed by atoms with Crippen LogP contribution in [0.2, 0.25) is 0 Å². The van der Waals surface area contributed by atoms with E-state index < -0.39 is 4.92 Å². The third-order valence-electron chi connectivity index (χ3n) is 3.64. The molecule has 1 fully saturated rings. The molecule has 1 saturated heterocycles. The second kappa shape index (κ2) is 4.57. The Kier molecular flexibility index (Phi) is 3.26. The molecule has 98 valence electrons. The lowest BCUT2D eigenvalue weighted by atomic mass is 10.0. The van der Waals surface area contributed by atoms with Gasteiger partial charge in [0.1, 0.15) is 0 Å². The average molecular weight is 250 g/mol. The lowest BCUT2D eigenvalue weighted by Crippen LogP contribution is -2.38. The van der Waals surface area contributed by atoms with Crippen LogP contribution >= 0.6 is 0 Å². The number of aliphatic hydroxyl groups is 1. The summed E-state index contributed by atoms with van der Waals surface area (Å²) in [6, 6.07) is 4.98. The maximum absolute atomic E-state index is 10.8. The molecule has 1 aromatic rings. The van der Waals surface area contributed by atoms with Crippen molar-refractivity contribution in [3.63, 3.8) is 0 Å². The fourth-order valence-corrected chi connectivity index (χ4v) is 2.63. The zero-order valence-corrected chi connectivity index (χ0v) is 10.7. The Balaban J connectivity index is 2.39. The van der Waals surface area contributed by atoms with Gasteiger partial charge in [-0.2, -0.15) is 0 Å².